The molecule has 1 unspecified atom stereocenters. The molecule has 2 nitrogen and oxygen atoms in total. The molecule has 1 aromatic rings. The third-order valence-electron chi connectivity index (χ3n) is 3.27. The largest absolute Gasteiger partial charge is 0.458 e. The maximum absolute atomic E-state index is 12.4. The van der Waals surface area contributed by atoms with E-state index in [1.54, 1.807) is 24.3 Å². The first-order chi connectivity index (χ1) is 8.91. The van der Waals surface area contributed by atoms with Crippen molar-refractivity contribution in [1.29, 1.82) is 0 Å². The quantitative estimate of drug-likeness (QED) is 0.733. The van der Waals surface area contributed by atoms with Crippen LogP contribution in [0.1, 0.15) is 37.6 Å². The molecule has 0 saturated heterocycles. The zero-order valence-corrected chi connectivity index (χ0v) is 12.4. The Morgan fingerprint density at radius 1 is 1.21 bits per heavy atom. The van der Waals surface area contributed by atoms with Gasteiger partial charge in [-0.15, -0.1) is 0 Å². The maximum atomic E-state index is 12.4. The van der Waals surface area contributed by atoms with E-state index in [9.17, 15) is 9.36 Å². The molecule has 0 amide bonds. The Labute approximate surface area is 115 Å². The fourth-order valence-corrected chi connectivity index (χ4v) is 3.57. The maximum Gasteiger partial charge on any atom is 0.458 e. The van der Waals surface area contributed by atoms with Crippen LogP contribution >= 0.6 is 7.80 Å². The lowest BCUT2D eigenvalue weighted by atomic mass is 9.82. The molecule has 0 aliphatic heterocycles. The molecule has 1 aliphatic carbocycles. The van der Waals surface area contributed by atoms with Crippen LogP contribution in [0.4, 0.5) is 0 Å². The van der Waals surface area contributed by atoms with Gasteiger partial charge in [-0.25, -0.2) is 4.79 Å². The molecule has 0 bridgehead atoms. The molecule has 98 valence electrons. The number of allylic oxidation sites excluding steroid dienone is 4. The van der Waals surface area contributed by atoms with E-state index in [2.05, 4.69) is 13.8 Å². The summed E-state index contributed by atoms with van der Waals surface area (Å²) in [7, 11) is -2.01. The lowest BCUT2D eigenvalue weighted by molar-refractivity contribution is 0.107. The van der Waals surface area contributed by atoms with Crippen LogP contribution in [0.15, 0.2) is 53.4 Å². The molecule has 1 aromatic carbocycles. The Bertz CT molecular complexity index is 580. The van der Waals surface area contributed by atoms with Crippen molar-refractivity contribution in [2.45, 2.75) is 27.2 Å². The number of carbonyl (C=O) groups excluding carboxylic acids is 1. The summed E-state index contributed by atoms with van der Waals surface area (Å²) in [6.45, 7) is 6.23. The van der Waals surface area contributed by atoms with Gasteiger partial charge in [0.15, 0.2) is 5.31 Å². The lowest BCUT2D eigenvalue weighted by Crippen LogP contribution is -2.12. The zero-order chi connectivity index (χ0) is 14.0. The number of hydrogen-bond donors (Lipinski definition) is 0. The number of hydrogen-bond acceptors (Lipinski definition) is 2. The molecule has 0 radical (unpaired) electrons. The van der Waals surface area contributed by atoms with Gasteiger partial charge < -0.3 is 0 Å². The first-order valence-corrected chi connectivity index (χ1v) is 7.62. The van der Waals surface area contributed by atoms with E-state index in [4.69, 9.17) is 0 Å². The highest BCUT2D eigenvalue weighted by atomic mass is 31.1. The standard InChI is InChI=1S/C16H18O2P/c1-12-11-16(2,3)10-9-14(12)19(18)15(17)13-7-5-4-6-8-13/h4-10H,11H2,1-3H3/q+1. The molecular weight excluding hydrogens is 255 g/mol. The Balaban J connectivity index is 2.27. The van der Waals surface area contributed by atoms with E-state index < -0.39 is 7.80 Å². The first-order valence-electron chi connectivity index (χ1n) is 6.36. The van der Waals surface area contributed by atoms with Crippen LogP contribution in [-0.4, -0.2) is 5.52 Å². The average molecular weight is 273 g/mol. The van der Waals surface area contributed by atoms with Crippen molar-refractivity contribution in [3.8, 4) is 0 Å². The van der Waals surface area contributed by atoms with Crippen LogP contribution in [0.25, 0.3) is 0 Å². The van der Waals surface area contributed by atoms with Gasteiger partial charge in [0, 0.05) is 0 Å². The molecule has 1 aliphatic rings. The average Bonchev–Trinajstić information content (AvgIpc) is 2.37. The third-order valence-corrected chi connectivity index (χ3v) is 4.87. The van der Waals surface area contributed by atoms with Crippen molar-refractivity contribution in [2.24, 2.45) is 5.41 Å². The molecule has 0 fully saturated rings. The number of carbonyl (C=O) groups is 1. The fraction of sp³-hybridized carbons (Fsp3) is 0.312. The van der Waals surface area contributed by atoms with E-state index in [0.717, 1.165) is 12.0 Å². The van der Waals surface area contributed by atoms with E-state index in [1.165, 1.54) is 0 Å². The van der Waals surface area contributed by atoms with Crippen LogP contribution in [0.3, 0.4) is 0 Å². The van der Waals surface area contributed by atoms with Gasteiger partial charge in [0.2, 0.25) is 0 Å². The number of benzene rings is 1. The van der Waals surface area contributed by atoms with E-state index in [1.807, 2.05) is 25.1 Å². The molecule has 0 spiro atoms. The van der Waals surface area contributed by atoms with Crippen LogP contribution in [-0.2, 0) is 4.57 Å². The minimum absolute atomic E-state index is 0.0829. The summed E-state index contributed by atoms with van der Waals surface area (Å²) >= 11 is 0. The van der Waals surface area contributed by atoms with Crippen LogP contribution in [0.2, 0.25) is 0 Å². The SMILES string of the molecule is CC1=C([P+](=O)C(=O)c2ccccc2)C=CC(C)(C)C1. The van der Waals surface area contributed by atoms with Gasteiger partial charge in [-0.05, 0) is 42.5 Å². The minimum Gasteiger partial charge on any atom is -0.234 e. The van der Waals surface area contributed by atoms with Gasteiger partial charge in [0.25, 0.3) is 0 Å². The molecule has 19 heavy (non-hydrogen) atoms. The summed E-state index contributed by atoms with van der Waals surface area (Å²) in [5.74, 6) is 0. The summed E-state index contributed by atoms with van der Waals surface area (Å²) in [6.07, 6.45) is 4.75. The predicted octanol–water partition coefficient (Wildman–Crippen LogP) is 4.91. The Kier molecular flexibility index (Phi) is 3.82. The highest BCUT2D eigenvalue weighted by Crippen LogP contribution is 2.45. The van der Waals surface area contributed by atoms with Gasteiger partial charge in [-0.3, -0.25) is 0 Å². The molecule has 0 aromatic heterocycles. The summed E-state index contributed by atoms with van der Waals surface area (Å²) in [5, 5.41) is 0.697. The smallest absolute Gasteiger partial charge is 0.234 e. The van der Waals surface area contributed by atoms with Crippen molar-refractivity contribution < 1.29 is 9.36 Å². The zero-order valence-electron chi connectivity index (χ0n) is 11.5. The van der Waals surface area contributed by atoms with Gasteiger partial charge in [0.1, 0.15) is 0 Å². The summed E-state index contributed by atoms with van der Waals surface area (Å²) in [6, 6.07) is 8.84. The van der Waals surface area contributed by atoms with Gasteiger partial charge in [-0.2, -0.15) is 0 Å². The van der Waals surface area contributed by atoms with Crippen LogP contribution in [0.5, 0.6) is 0 Å². The summed E-state index contributed by atoms with van der Waals surface area (Å²) in [4.78, 5) is 12.2. The van der Waals surface area contributed by atoms with Crippen molar-refractivity contribution >= 4 is 13.3 Å². The molecule has 0 N–H and O–H groups in total. The first kappa shape index (κ1) is 13.9. The highest BCUT2D eigenvalue weighted by Gasteiger charge is 2.37. The molecule has 0 saturated carbocycles. The Morgan fingerprint density at radius 2 is 1.84 bits per heavy atom. The molecule has 2 rings (SSSR count). The monoisotopic (exact) mass is 273 g/mol. The second-order valence-corrected chi connectivity index (χ2v) is 7.11. The molecular formula is C16H18O2P+. The lowest BCUT2D eigenvalue weighted by Gasteiger charge is -2.23. The van der Waals surface area contributed by atoms with Crippen LogP contribution in [0, 0.1) is 5.41 Å². The molecule has 3 heteroatoms. The summed E-state index contributed by atoms with van der Waals surface area (Å²) < 4.78 is 12.4. The Hall–Kier alpha value is -1.53. The Morgan fingerprint density at radius 3 is 2.42 bits per heavy atom. The van der Waals surface area contributed by atoms with Gasteiger partial charge >= 0.3 is 13.3 Å². The second-order valence-electron chi connectivity index (χ2n) is 5.63. The minimum atomic E-state index is -2.01. The van der Waals surface area contributed by atoms with E-state index in [0.29, 0.717) is 10.9 Å². The van der Waals surface area contributed by atoms with Crippen molar-refractivity contribution in [3.63, 3.8) is 0 Å². The topological polar surface area (TPSA) is 34.1 Å². The predicted molar refractivity (Wildman–Crippen MR) is 78.6 cm³/mol. The van der Waals surface area contributed by atoms with Crippen molar-refractivity contribution in [3.05, 3.63) is 58.9 Å². The molecule has 0 heterocycles. The van der Waals surface area contributed by atoms with E-state index >= 15 is 0 Å². The second kappa shape index (κ2) is 5.22. The summed E-state index contributed by atoms with van der Waals surface area (Å²) in [5.41, 5.74) is 1.37. The van der Waals surface area contributed by atoms with Gasteiger partial charge in [-0.1, -0.05) is 42.7 Å². The molecule has 1 atom stereocenters. The van der Waals surface area contributed by atoms with Gasteiger partial charge in [0.05, 0.1) is 5.56 Å². The van der Waals surface area contributed by atoms with Crippen molar-refractivity contribution in [2.75, 3.05) is 0 Å². The van der Waals surface area contributed by atoms with Crippen molar-refractivity contribution in [1.82, 2.24) is 0 Å². The highest BCUT2D eigenvalue weighted by molar-refractivity contribution is 7.68. The van der Waals surface area contributed by atoms with E-state index in [-0.39, 0.29) is 10.9 Å². The third kappa shape index (κ3) is 3.08. The fourth-order valence-electron chi connectivity index (χ4n) is 2.33. The normalized spacial score (nSPS) is 18.4. The number of rotatable bonds is 3. The van der Waals surface area contributed by atoms with Crippen LogP contribution < -0.4 is 0 Å².